The molecule has 4 unspecified atom stereocenters. The van der Waals surface area contributed by atoms with E-state index in [-0.39, 0.29) is 0 Å². The molecule has 2 rings (SSSR count). The van der Waals surface area contributed by atoms with Crippen LogP contribution in [0.2, 0.25) is 0 Å². The highest BCUT2D eigenvalue weighted by Crippen LogP contribution is 2.33. The number of alkyl halides is 2. The van der Waals surface area contributed by atoms with Crippen molar-refractivity contribution in [2.24, 2.45) is 23.7 Å². The quantitative estimate of drug-likeness (QED) is 0.282. The van der Waals surface area contributed by atoms with Crippen LogP contribution in [0.25, 0.3) is 0 Å². The molecule has 0 heterocycles. The second-order valence-electron chi connectivity index (χ2n) is 7.46. The predicted molar refractivity (Wildman–Crippen MR) is 107 cm³/mol. The molecule has 132 valence electrons. The van der Waals surface area contributed by atoms with Gasteiger partial charge < -0.3 is 4.74 Å². The Morgan fingerprint density at radius 1 is 0.696 bits per heavy atom. The Morgan fingerprint density at radius 3 is 1.57 bits per heavy atom. The molecule has 2 saturated carbocycles. The third-order valence-corrected chi connectivity index (χ3v) is 7.34. The lowest BCUT2D eigenvalue weighted by Crippen LogP contribution is -2.16. The molecule has 0 radical (unpaired) electrons. The van der Waals surface area contributed by atoms with Crippen LogP contribution in [0, 0.1) is 23.7 Å². The first kappa shape index (κ1) is 19.6. The molecule has 0 spiro atoms. The maximum absolute atomic E-state index is 5.54. The Labute approximate surface area is 159 Å². The maximum atomic E-state index is 5.54. The second-order valence-corrected chi connectivity index (χ2v) is 8.75. The molecular formula is C20H32Br2O. The number of allylic oxidation sites excluding steroid dienone is 2. The van der Waals surface area contributed by atoms with Gasteiger partial charge in [0.1, 0.15) is 0 Å². The van der Waals surface area contributed by atoms with E-state index in [1.54, 1.807) is 0 Å². The molecule has 0 amide bonds. The van der Waals surface area contributed by atoms with Crippen LogP contribution >= 0.6 is 31.9 Å². The van der Waals surface area contributed by atoms with Gasteiger partial charge in [0.05, 0.1) is 12.5 Å². The van der Waals surface area contributed by atoms with Crippen LogP contribution in [-0.4, -0.2) is 10.7 Å². The lowest BCUT2D eigenvalue weighted by molar-refractivity contribution is 0.285. The summed E-state index contributed by atoms with van der Waals surface area (Å²) >= 11 is 7.27. The molecule has 0 saturated heterocycles. The molecule has 1 nitrogen and oxygen atoms in total. The van der Waals surface area contributed by atoms with Crippen molar-refractivity contribution in [1.29, 1.82) is 0 Å². The van der Waals surface area contributed by atoms with Crippen molar-refractivity contribution < 1.29 is 4.74 Å². The Morgan fingerprint density at radius 2 is 1.13 bits per heavy atom. The van der Waals surface area contributed by atoms with Crippen LogP contribution in [0.4, 0.5) is 0 Å². The van der Waals surface area contributed by atoms with Crippen LogP contribution in [0.5, 0.6) is 0 Å². The Balaban J connectivity index is 1.55. The van der Waals surface area contributed by atoms with Crippen molar-refractivity contribution in [2.45, 2.75) is 64.2 Å². The van der Waals surface area contributed by atoms with Gasteiger partial charge in [-0.15, -0.1) is 0 Å². The van der Waals surface area contributed by atoms with Crippen LogP contribution in [0.15, 0.2) is 24.7 Å². The van der Waals surface area contributed by atoms with Crippen molar-refractivity contribution in [1.82, 2.24) is 0 Å². The van der Waals surface area contributed by atoms with Crippen molar-refractivity contribution >= 4 is 31.9 Å². The molecule has 2 aliphatic carbocycles. The normalized spacial score (nSPS) is 32.6. The summed E-state index contributed by atoms with van der Waals surface area (Å²) in [5.41, 5.74) is 0. The standard InChI is InChI=1S/C20H32Br2O/c21-15-19-7-1-5-17(13-19)9-3-11-23-12-4-10-18-6-2-8-20(14-18)16-22/h3-4,11-12,17-20H,1-2,5-10,13-16H2. The highest BCUT2D eigenvalue weighted by molar-refractivity contribution is 9.09. The Hall–Kier alpha value is 0.240. The zero-order valence-corrected chi connectivity index (χ0v) is 17.4. The summed E-state index contributed by atoms with van der Waals surface area (Å²) in [5, 5.41) is 2.34. The van der Waals surface area contributed by atoms with Crippen molar-refractivity contribution in [3.63, 3.8) is 0 Å². The van der Waals surface area contributed by atoms with Crippen LogP contribution < -0.4 is 0 Å². The minimum Gasteiger partial charge on any atom is -0.473 e. The number of hydrogen-bond acceptors (Lipinski definition) is 1. The van der Waals surface area contributed by atoms with E-state index < -0.39 is 0 Å². The van der Waals surface area contributed by atoms with Crippen LogP contribution in [0.3, 0.4) is 0 Å². The molecule has 0 N–H and O–H groups in total. The monoisotopic (exact) mass is 446 g/mol. The number of halogens is 2. The molecule has 4 atom stereocenters. The van der Waals surface area contributed by atoms with Crippen LogP contribution in [-0.2, 0) is 4.74 Å². The molecule has 0 aromatic heterocycles. The molecule has 0 aromatic carbocycles. The number of hydrogen-bond donors (Lipinski definition) is 0. The average molecular weight is 448 g/mol. The van der Waals surface area contributed by atoms with E-state index in [0.717, 1.165) is 23.7 Å². The van der Waals surface area contributed by atoms with Gasteiger partial charge in [0.2, 0.25) is 0 Å². The lowest BCUT2D eigenvalue weighted by atomic mass is 9.81. The van der Waals surface area contributed by atoms with Crippen molar-refractivity contribution in [3.05, 3.63) is 24.7 Å². The third-order valence-electron chi connectivity index (χ3n) is 5.51. The van der Waals surface area contributed by atoms with Crippen LogP contribution in [0.1, 0.15) is 64.2 Å². The van der Waals surface area contributed by atoms with Gasteiger partial charge in [-0.3, -0.25) is 0 Å². The summed E-state index contributed by atoms with van der Waals surface area (Å²) < 4.78 is 5.54. The van der Waals surface area contributed by atoms with Crippen molar-refractivity contribution in [2.75, 3.05) is 10.7 Å². The summed E-state index contributed by atoms with van der Waals surface area (Å²) in [7, 11) is 0. The van der Waals surface area contributed by atoms with E-state index in [1.807, 2.05) is 12.5 Å². The van der Waals surface area contributed by atoms with Gasteiger partial charge in [0.25, 0.3) is 0 Å². The first-order valence-corrected chi connectivity index (χ1v) is 11.6. The van der Waals surface area contributed by atoms with Crippen molar-refractivity contribution in [3.8, 4) is 0 Å². The Kier molecular flexibility index (Phi) is 9.98. The minimum atomic E-state index is 0.860. The fourth-order valence-electron chi connectivity index (χ4n) is 4.17. The fraction of sp³-hybridized carbons (Fsp3) is 0.800. The van der Waals surface area contributed by atoms with Gasteiger partial charge in [-0.05, 0) is 74.3 Å². The molecule has 3 heteroatoms. The summed E-state index contributed by atoms with van der Waals surface area (Å²) in [5.74, 6) is 3.50. The largest absolute Gasteiger partial charge is 0.473 e. The highest BCUT2D eigenvalue weighted by Gasteiger charge is 2.20. The first-order chi connectivity index (χ1) is 11.3. The SMILES string of the molecule is BrCC1CCCC(CC=COC=CCC2CCCC(CBr)C2)C1. The molecule has 23 heavy (non-hydrogen) atoms. The van der Waals surface area contributed by atoms with Gasteiger partial charge in [-0.25, -0.2) is 0 Å². The minimum absolute atomic E-state index is 0.860. The molecule has 2 fully saturated rings. The van der Waals surface area contributed by atoms with E-state index >= 15 is 0 Å². The average Bonchev–Trinajstić information content (AvgIpc) is 2.61. The number of rotatable bonds is 8. The first-order valence-electron chi connectivity index (χ1n) is 9.39. The smallest absolute Gasteiger partial charge is 0.0861 e. The molecule has 0 bridgehead atoms. The second kappa shape index (κ2) is 11.7. The highest BCUT2D eigenvalue weighted by atomic mass is 79.9. The molecule has 0 aromatic rings. The van der Waals surface area contributed by atoms with Gasteiger partial charge in [-0.1, -0.05) is 57.5 Å². The third kappa shape index (κ3) is 7.77. The molecule has 0 aliphatic heterocycles. The zero-order valence-electron chi connectivity index (χ0n) is 14.3. The van der Waals surface area contributed by atoms with Gasteiger partial charge in [-0.2, -0.15) is 0 Å². The summed E-state index contributed by atoms with van der Waals surface area (Å²) in [4.78, 5) is 0. The summed E-state index contributed by atoms with van der Waals surface area (Å²) in [6.07, 6.45) is 21.7. The van der Waals surface area contributed by atoms with E-state index in [2.05, 4.69) is 44.0 Å². The van der Waals surface area contributed by atoms with Gasteiger partial charge >= 0.3 is 0 Å². The number of ether oxygens (including phenoxy) is 1. The van der Waals surface area contributed by atoms with Gasteiger partial charge in [0.15, 0.2) is 0 Å². The predicted octanol–water partition coefficient (Wildman–Crippen LogP) is 7.21. The fourth-order valence-corrected chi connectivity index (χ4v) is 5.34. The molecular weight excluding hydrogens is 416 g/mol. The lowest BCUT2D eigenvalue weighted by Gasteiger charge is -2.27. The topological polar surface area (TPSA) is 9.23 Å². The van der Waals surface area contributed by atoms with Gasteiger partial charge in [0, 0.05) is 10.7 Å². The van der Waals surface area contributed by atoms with E-state index in [9.17, 15) is 0 Å². The Bertz CT molecular complexity index is 333. The van der Waals surface area contributed by atoms with E-state index in [0.29, 0.717) is 0 Å². The van der Waals surface area contributed by atoms with E-state index in [1.165, 1.54) is 74.9 Å². The summed E-state index contributed by atoms with van der Waals surface area (Å²) in [6, 6.07) is 0. The maximum Gasteiger partial charge on any atom is 0.0861 e. The van der Waals surface area contributed by atoms with E-state index in [4.69, 9.17) is 4.74 Å². The summed E-state index contributed by atoms with van der Waals surface area (Å²) in [6.45, 7) is 0. The zero-order chi connectivity index (χ0) is 16.3. The molecule has 2 aliphatic rings.